The standard InChI is InChI=1S/C13H21NO3/c1-10(6-7-12(15)16)8-9-14-13(17)11-4-2-3-5-11/h2-3,10-11H,4-9H2,1H3,(H,14,17)(H,15,16). The summed E-state index contributed by atoms with van der Waals surface area (Å²) in [4.78, 5) is 22.0. The maximum atomic E-state index is 11.6. The molecule has 0 aromatic rings. The van der Waals surface area contributed by atoms with Crippen LogP contribution in [-0.2, 0) is 9.59 Å². The Morgan fingerprint density at radius 3 is 2.59 bits per heavy atom. The van der Waals surface area contributed by atoms with Crippen LogP contribution in [-0.4, -0.2) is 23.5 Å². The van der Waals surface area contributed by atoms with E-state index in [1.807, 2.05) is 19.1 Å². The van der Waals surface area contributed by atoms with Gasteiger partial charge in [-0.05, 0) is 31.6 Å². The summed E-state index contributed by atoms with van der Waals surface area (Å²) in [7, 11) is 0. The van der Waals surface area contributed by atoms with Crippen LogP contribution in [0.1, 0.15) is 39.0 Å². The number of hydrogen-bond donors (Lipinski definition) is 2. The fraction of sp³-hybridized carbons (Fsp3) is 0.692. The third-order valence-electron chi connectivity index (χ3n) is 3.17. The molecule has 0 aromatic heterocycles. The number of amides is 1. The molecule has 1 aliphatic carbocycles. The van der Waals surface area contributed by atoms with Gasteiger partial charge in [-0.2, -0.15) is 0 Å². The van der Waals surface area contributed by atoms with Gasteiger partial charge in [-0.3, -0.25) is 9.59 Å². The van der Waals surface area contributed by atoms with Crippen LogP contribution in [0.4, 0.5) is 0 Å². The summed E-state index contributed by atoms with van der Waals surface area (Å²) < 4.78 is 0. The van der Waals surface area contributed by atoms with Crippen LogP contribution in [0.15, 0.2) is 12.2 Å². The molecule has 4 heteroatoms. The van der Waals surface area contributed by atoms with Gasteiger partial charge < -0.3 is 10.4 Å². The highest BCUT2D eigenvalue weighted by molar-refractivity contribution is 5.79. The molecular formula is C13H21NO3. The third-order valence-corrected chi connectivity index (χ3v) is 3.17. The second-order valence-electron chi connectivity index (χ2n) is 4.76. The molecule has 1 atom stereocenters. The summed E-state index contributed by atoms with van der Waals surface area (Å²) in [6, 6.07) is 0. The third kappa shape index (κ3) is 5.52. The van der Waals surface area contributed by atoms with Gasteiger partial charge in [0.25, 0.3) is 0 Å². The van der Waals surface area contributed by atoms with Crippen molar-refractivity contribution in [2.75, 3.05) is 6.54 Å². The maximum absolute atomic E-state index is 11.6. The highest BCUT2D eigenvalue weighted by atomic mass is 16.4. The lowest BCUT2D eigenvalue weighted by Gasteiger charge is -2.13. The number of carbonyl (C=O) groups is 2. The molecule has 0 fully saturated rings. The molecule has 17 heavy (non-hydrogen) atoms. The van der Waals surface area contributed by atoms with Gasteiger partial charge in [0, 0.05) is 18.9 Å². The summed E-state index contributed by atoms with van der Waals surface area (Å²) in [6.07, 6.45) is 7.51. The van der Waals surface area contributed by atoms with E-state index in [-0.39, 0.29) is 18.2 Å². The number of nitrogens with one attached hydrogen (secondary N) is 1. The molecule has 0 radical (unpaired) electrons. The summed E-state index contributed by atoms with van der Waals surface area (Å²) in [5, 5.41) is 11.5. The van der Waals surface area contributed by atoms with Crippen molar-refractivity contribution in [1.29, 1.82) is 0 Å². The molecule has 1 unspecified atom stereocenters. The van der Waals surface area contributed by atoms with Crippen molar-refractivity contribution in [3.8, 4) is 0 Å². The first-order valence-corrected chi connectivity index (χ1v) is 6.24. The van der Waals surface area contributed by atoms with Crippen LogP contribution < -0.4 is 5.32 Å². The summed E-state index contributed by atoms with van der Waals surface area (Å²) in [5.41, 5.74) is 0. The van der Waals surface area contributed by atoms with E-state index in [2.05, 4.69) is 5.32 Å². The first kappa shape index (κ1) is 13.7. The van der Waals surface area contributed by atoms with E-state index in [0.717, 1.165) is 19.3 Å². The van der Waals surface area contributed by atoms with E-state index < -0.39 is 5.97 Å². The van der Waals surface area contributed by atoms with E-state index in [1.54, 1.807) is 0 Å². The van der Waals surface area contributed by atoms with Crippen LogP contribution in [0.2, 0.25) is 0 Å². The zero-order chi connectivity index (χ0) is 12.7. The van der Waals surface area contributed by atoms with Gasteiger partial charge in [-0.25, -0.2) is 0 Å². The number of carboxylic acids is 1. The molecule has 1 aliphatic rings. The highest BCUT2D eigenvalue weighted by Crippen LogP contribution is 2.17. The Hall–Kier alpha value is -1.32. The van der Waals surface area contributed by atoms with Crippen molar-refractivity contribution in [3.63, 3.8) is 0 Å². The van der Waals surface area contributed by atoms with E-state index in [9.17, 15) is 9.59 Å². The second kappa shape index (κ2) is 7.09. The van der Waals surface area contributed by atoms with Crippen molar-refractivity contribution in [1.82, 2.24) is 5.32 Å². The van der Waals surface area contributed by atoms with Gasteiger partial charge in [0.15, 0.2) is 0 Å². The Morgan fingerprint density at radius 1 is 1.35 bits per heavy atom. The Bertz CT molecular complexity index is 291. The fourth-order valence-electron chi connectivity index (χ4n) is 1.93. The van der Waals surface area contributed by atoms with Crippen LogP contribution in [0.25, 0.3) is 0 Å². The van der Waals surface area contributed by atoms with Crippen molar-refractivity contribution in [3.05, 3.63) is 12.2 Å². The molecule has 0 heterocycles. The summed E-state index contributed by atoms with van der Waals surface area (Å²) >= 11 is 0. The lowest BCUT2D eigenvalue weighted by atomic mass is 10.0. The average Bonchev–Trinajstić information content (AvgIpc) is 2.79. The Balaban J connectivity index is 2.06. The molecule has 2 N–H and O–H groups in total. The molecule has 1 rings (SSSR count). The SMILES string of the molecule is CC(CCNC(=O)C1CC=CC1)CCC(=O)O. The lowest BCUT2D eigenvalue weighted by Crippen LogP contribution is -2.31. The molecule has 0 aliphatic heterocycles. The van der Waals surface area contributed by atoms with Gasteiger partial charge in [0.1, 0.15) is 0 Å². The van der Waals surface area contributed by atoms with Gasteiger partial charge >= 0.3 is 5.97 Å². The van der Waals surface area contributed by atoms with E-state index in [4.69, 9.17) is 5.11 Å². The molecule has 0 saturated heterocycles. The Morgan fingerprint density at radius 2 is 2.00 bits per heavy atom. The minimum absolute atomic E-state index is 0.115. The zero-order valence-electron chi connectivity index (χ0n) is 10.3. The van der Waals surface area contributed by atoms with Gasteiger partial charge in [0.2, 0.25) is 5.91 Å². The number of allylic oxidation sites excluding steroid dienone is 2. The molecule has 0 saturated carbocycles. The first-order valence-electron chi connectivity index (χ1n) is 6.24. The van der Waals surface area contributed by atoms with E-state index >= 15 is 0 Å². The average molecular weight is 239 g/mol. The highest BCUT2D eigenvalue weighted by Gasteiger charge is 2.18. The van der Waals surface area contributed by atoms with Crippen LogP contribution >= 0.6 is 0 Å². The number of rotatable bonds is 7. The predicted molar refractivity (Wildman–Crippen MR) is 65.5 cm³/mol. The molecule has 4 nitrogen and oxygen atoms in total. The minimum Gasteiger partial charge on any atom is -0.481 e. The van der Waals surface area contributed by atoms with Gasteiger partial charge in [-0.15, -0.1) is 0 Å². The van der Waals surface area contributed by atoms with Crippen molar-refractivity contribution in [2.45, 2.75) is 39.0 Å². The fourth-order valence-corrected chi connectivity index (χ4v) is 1.93. The molecule has 96 valence electrons. The number of hydrogen-bond acceptors (Lipinski definition) is 2. The molecule has 0 bridgehead atoms. The molecular weight excluding hydrogens is 218 g/mol. The number of carbonyl (C=O) groups excluding carboxylic acids is 1. The van der Waals surface area contributed by atoms with Crippen molar-refractivity contribution < 1.29 is 14.7 Å². The monoisotopic (exact) mass is 239 g/mol. The van der Waals surface area contributed by atoms with Crippen LogP contribution in [0.3, 0.4) is 0 Å². The van der Waals surface area contributed by atoms with Crippen LogP contribution in [0, 0.1) is 11.8 Å². The second-order valence-corrected chi connectivity index (χ2v) is 4.76. The summed E-state index contributed by atoms with van der Waals surface area (Å²) in [6.45, 7) is 2.67. The Labute approximate surface area is 102 Å². The molecule has 1 amide bonds. The zero-order valence-corrected chi connectivity index (χ0v) is 10.3. The predicted octanol–water partition coefficient (Wildman–Crippen LogP) is 1.96. The quantitative estimate of drug-likeness (QED) is 0.667. The van der Waals surface area contributed by atoms with E-state index in [0.29, 0.717) is 18.9 Å². The van der Waals surface area contributed by atoms with Crippen molar-refractivity contribution >= 4 is 11.9 Å². The molecule has 0 spiro atoms. The van der Waals surface area contributed by atoms with Crippen LogP contribution in [0.5, 0.6) is 0 Å². The smallest absolute Gasteiger partial charge is 0.303 e. The maximum Gasteiger partial charge on any atom is 0.303 e. The van der Waals surface area contributed by atoms with Gasteiger partial charge in [0.05, 0.1) is 0 Å². The minimum atomic E-state index is -0.752. The Kier molecular flexibility index (Phi) is 5.73. The number of carboxylic acid groups (broad SMARTS) is 1. The molecule has 0 aromatic carbocycles. The first-order chi connectivity index (χ1) is 8.09. The summed E-state index contributed by atoms with van der Waals surface area (Å²) in [5.74, 6) is -0.171. The van der Waals surface area contributed by atoms with Gasteiger partial charge in [-0.1, -0.05) is 19.1 Å². The van der Waals surface area contributed by atoms with Crippen molar-refractivity contribution in [2.24, 2.45) is 11.8 Å². The normalized spacial score (nSPS) is 17.0. The van der Waals surface area contributed by atoms with E-state index in [1.165, 1.54) is 0 Å². The number of aliphatic carboxylic acids is 1. The topological polar surface area (TPSA) is 66.4 Å². The largest absolute Gasteiger partial charge is 0.481 e. The lowest BCUT2D eigenvalue weighted by molar-refractivity contribution is -0.137.